The van der Waals surface area contributed by atoms with Crippen molar-refractivity contribution >= 4 is 11.8 Å². The maximum atomic E-state index is 14.3. The van der Waals surface area contributed by atoms with Gasteiger partial charge in [0.2, 0.25) is 11.8 Å². The van der Waals surface area contributed by atoms with Crippen molar-refractivity contribution in [1.29, 1.82) is 0 Å². The number of fused-ring (bicyclic) bond motifs is 1. The minimum absolute atomic E-state index is 0.0805. The summed E-state index contributed by atoms with van der Waals surface area (Å²) >= 11 is 0. The summed E-state index contributed by atoms with van der Waals surface area (Å²) in [5.74, 6) is -4.93. The molecule has 2 aromatic rings. The number of carbonyl (C=O) groups excluding carboxylic acids is 2. The second-order valence-corrected chi connectivity index (χ2v) is 7.03. The molecule has 2 amide bonds. The van der Waals surface area contributed by atoms with Gasteiger partial charge in [0, 0.05) is 6.54 Å². The Labute approximate surface area is 158 Å². The van der Waals surface area contributed by atoms with Crippen LogP contribution in [-0.4, -0.2) is 29.4 Å². The second kappa shape index (κ2) is 6.41. The number of rotatable bonds is 3. The van der Waals surface area contributed by atoms with E-state index in [-0.39, 0.29) is 18.7 Å². The van der Waals surface area contributed by atoms with E-state index in [1.807, 2.05) is 0 Å². The van der Waals surface area contributed by atoms with Crippen LogP contribution in [0.25, 0.3) is 0 Å². The highest BCUT2D eigenvalue weighted by atomic mass is 19.4. The molecule has 4 nitrogen and oxygen atoms in total. The number of nitrogens with one attached hydrogen (secondary N) is 1. The van der Waals surface area contributed by atoms with Crippen molar-refractivity contribution in [1.82, 2.24) is 10.2 Å². The van der Waals surface area contributed by atoms with Gasteiger partial charge in [-0.05, 0) is 23.3 Å². The van der Waals surface area contributed by atoms with Crippen LogP contribution in [0.5, 0.6) is 0 Å². The SMILES string of the molecule is O=C1[C@@H]2[C@@H](CN[C@]2(c2ccc(F)cc2)C(F)(F)F)C(=O)N1Cc1ccccc1. The van der Waals surface area contributed by atoms with Crippen LogP contribution in [0.2, 0.25) is 0 Å². The smallest absolute Gasteiger partial charge is 0.298 e. The van der Waals surface area contributed by atoms with Crippen molar-refractivity contribution in [3.05, 3.63) is 71.5 Å². The van der Waals surface area contributed by atoms with Crippen molar-refractivity contribution in [2.75, 3.05) is 6.54 Å². The molecule has 8 heteroatoms. The van der Waals surface area contributed by atoms with E-state index in [4.69, 9.17) is 0 Å². The van der Waals surface area contributed by atoms with Crippen LogP contribution >= 0.6 is 0 Å². The minimum Gasteiger partial charge on any atom is -0.298 e. The molecule has 1 N–H and O–H groups in total. The molecule has 146 valence electrons. The highest BCUT2D eigenvalue weighted by Crippen LogP contribution is 2.53. The Morgan fingerprint density at radius 1 is 1.00 bits per heavy atom. The number of carbonyl (C=O) groups is 2. The lowest BCUT2D eigenvalue weighted by Gasteiger charge is -2.36. The lowest BCUT2D eigenvalue weighted by Crippen LogP contribution is -2.56. The van der Waals surface area contributed by atoms with E-state index >= 15 is 0 Å². The molecule has 28 heavy (non-hydrogen) atoms. The maximum Gasteiger partial charge on any atom is 0.411 e. The molecular formula is C20H16F4N2O2. The summed E-state index contributed by atoms with van der Waals surface area (Å²) in [5, 5.41) is 2.38. The molecule has 0 bridgehead atoms. The first-order valence-electron chi connectivity index (χ1n) is 8.72. The Morgan fingerprint density at radius 3 is 2.25 bits per heavy atom. The van der Waals surface area contributed by atoms with Crippen LogP contribution < -0.4 is 5.32 Å². The van der Waals surface area contributed by atoms with Crippen LogP contribution in [0.15, 0.2) is 54.6 Å². The van der Waals surface area contributed by atoms with Gasteiger partial charge in [-0.25, -0.2) is 4.39 Å². The summed E-state index contributed by atoms with van der Waals surface area (Å²) in [4.78, 5) is 26.6. The molecule has 2 aromatic carbocycles. The van der Waals surface area contributed by atoms with Gasteiger partial charge >= 0.3 is 6.18 Å². The maximum absolute atomic E-state index is 14.3. The van der Waals surface area contributed by atoms with E-state index < -0.39 is 41.2 Å². The quantitative estimate of drug-likeness (QED) is 0.646. The van der Waals surface area contributed by atoms with Gasteiger partial charge in [-0.1, -0.05) is 42.5 Å². The van der Waals surface area contributed by atoms with Crippen LogP contribution in [0.1, 0.15) is 11.1 Å². The van der Waals surface area contributed by atoms with Crippen molar-refractivity contribution in [2.45, 2.75) is 18.3 Å². The number of amides is 2. The number of hydrogen-bond donors (Lipinski definition) is 1. The van der Waals surface area contributed by atoms with E-state index in [1.165, 1.54) is 0 Å². The van der Waals surface area contributed by atoms with Crippen LogP contribution in [0, 0.1) is 17.7 Å². The number of halogens is 4. The summed E-state index contributed by atoms with van der Waals surface area (Å²) in [7, 11) is 0. The van der Waals surface area contributed by atoms with Gasteiger partial charge in [0.25, 0.3) is 0 Å². The highest BCUT2D eigenvalue weighted by molar-refractivity contribution is 6.06. The lowest BCUT2D eigenvalue weighted by atomic mass is 9.76. The third-order valence-electron chi connectivity index (χ3n) is 5.52. The van der Waals surface area contributed by atoms with Crippen LogP contribution in [-0.2, 0) is 21.7 Å². The van der Waals surface area contributed by atoms with Crippen molar-refractivity contribution in [2.24, 2.45) is 11.8 Å². The summed E-state index contributed by atoms with van der Waals surface area (Å²) in [6.07, 6.45) is -4.86. The first kappa shape index (κ1) is 18.6. The number of nitrogens with zero attached hydrogens (tertiary/aromatic N) is 1. The molecule has 2 heterocycles. The van der Waals surface area contributed by atoms with Crippen molar-refractivity contribution in [3.63, 3.8) is 0 Å². The Morgan fingerprint density at radius 2 is 1.64 bits per heavy atom. The fraction of sp³-hybridized carbons (Fsp3) is 0.300. The molecular weight excluding hydrogens is 376 g/mol. The van der Waals surface area contributed by atoms with Gasteiger partial charge in [-0.3, -0.25) is 19.8 Å². The first-order valence-corrected chi connectivity index (χ1v) is 8.72. The third kappa shape index (κ3) is 2.63. The summed E-state index contributed by atoms with van der Waals surface area (Å²) in [6, 6.07) is 12.5. The van der Waals surface area contributed by atoms with Gasteiger partial charge in [-0.2, -0.15) is 13.2 Å². The molecule has 3 atom stereocenters. The molecule has 0 radical (unpaired) electrons. The number of hydrogen-bond acceptors (Lipinski definition) is 3. The molecule has 0 saturated carbocycles. The Kier molecular flexibility index (Phi) is 4.26. The lowest BCUT2D eigenvalue weighted by molar-refractivity contribution is -0.210. The Bertz CT molecular complexity index is 914. The zero-order valence-electron chi connectivity index (χ0n) is 14.5. The molecule has 2 aliphatic heterocycles. The van der Waals surface area contributed by atoms with Crippen LogP contribution in [0.3, 0.4) is 0 Å². The summed E-state index contributed by atoms with van der Waals surface area (Å²) < 4.78 is 56.0. The Balaban J connectivity index is 1.76. The molecule has 2 aliphatic rings. The van der Waals surface area contributed by atoms with Crippen molar-refractivity contribution in [3.8, 4) is 0 Å². The van der Waals surface area contributed by atoms with E-state index in [2.05, 4.69) is 5.32 Å². The zero-order valence-corrected chi connectivity index (χ0v) is 14.5. The molecule has 0 aliphatic carbocycles. The average molecular weight is 392 g/mol. The molecule has 0 spiro atoms. The topological polar surface area (TPSA) is 49.4 Å². The average Bonchev–Trinajstić information content (AvgIpc) is 3.17. The first-order chi connectivity index (χ1) is 13.3. The predicted octanol–water partition coefficient (Wildman–Crippen LogP) is 2.99. The van der Waals surface area contributed by atoms with Crippen LogP contribution in [0.4, 0.5) is 17.6 Å². The van der Waals surface area contributed by atoms with Gasteiger partial charge < -0.3 is 0 Å². The molecule has 0 unspecified atom stereocenters. The Hall–Kier alpha value is -2.74. The summed E-state index contributed by atoms with van der Waals surface area (Å²) in [6.45, 7) is -0.361. The molecule has 2 fully saturated rings. The van der Waals surface area contributed by atoms with E-state index in [0.717, 1.165) is 29.2 Å². The number of likely N-dealkylation sites (tertiary alicyclic amines) is 1. The van der Waals surface area contributed by atoms with E-state index in [0.29, 0.717) is 5.56 Å². The molecule has 4 rings (SSSR count). The largest absolute Gasteiger partial charge is 0.411 e. The fourth-order valence-electron chi connectivity index (χ4n) is 4.22. The van der Waals surface area contributed by atoms with Gasteiger partial charge in [-0.15, -0.1) is 0 Å². The zero-order chi connectivity index (χ0) is 20.1. The van der Waals surface area contributed by atoms with E-state index in [1.54, 1.807) is 30.3 Å². The highest BCUT2D eigenvalue weighted by Gasteiger charge is 2.72. The number of benzene rings is 2. The monoisotopic (exact) mass is 392 g/mol. The fourth-order valence-corrected chi connectivity index (χ4v) is 4.22. The second-order valence-electron chi connectivity index (χ2n) is 7.03. The number of alkyl halides is 3. The predicted molar refractivity (Wildman–Crippen MR) is 91.1 cm³/mol. The normalized spacial score (nSPS) is 27.4. The van der Waals surface area contributed by atoms with Gasteiger partial charge in [0.1, 0.15) is 5.82 Å². The molecule has 2 saturated heterocycles. The summed E-state index contributed by atoms with van der Waals surface area (Å²) in [5.41, 5.74) is -2.36. The van der Waals surface area contributed by atoms with Crippen molar-refractivity contribution < 1.29 is 27.2 Å². The van der Waals surface area contributed by atoms with Gasteiger partial charge in [0.15, 0.2) is 5.54 Å². The minimum atomic E-state index is -4.86. The third-order valence-corrected chi connectivity index (χ3v) is 5.52. The number of imide groups is 1. The molecule has 0 aromatic heterocycles. The van der Waals surface area contributed by atoms with E-state index in [9.17, 15) is 27.2 Å². The standard InChI is InChI=1S/C20H16F4N2O2/c21-14-8-6-13(7-9-14)19(20(22,23)24)16-15(10-25-19)17(27)26(18(16)28)11-12-4-2-1-3-5-12/h1-9,15-16,25H,10-11H2/t15-,16+,19+/m1/s1. The van der Waals surface area contributed by atoms with Gasteiger partial charge in [0.05, 0.1) is 18.4 Å².